The van der Waals surface area contributed by atoms with Gasteiger partial charge in [-0.25, -0.2) is 9.97 Å². The second kappa shape index (κ2) is 12.4. The summed E-state index contributed by atoms with van der Waals surface area (Å²) in [6.45, 7) is 9.87. The van der Waals surface area contributed by atoms with Crippen molar-refractivity contribution >= 4 is 34.4 Å². The number of nitrogens with one attached hydrogen (secondary N) is 2. The third kappa shape index (κ3) is 5.44. The van der Waals surface area contributed by atoms with Crippen LogP contribution in [0.5, 0.6) is 0 Å². The molecule has 0 bridgehead atoms. The van der Waals surface area contributed by atoms with Crippen molar-refractivity contribution in [3.05, 3.63) is 36.2 Å². The molecule has 260 valence electrons. The standard InChI is InChI=1S/C39H52N8O2/c1-25(2)46-24-41-33-23-32(43-36(35(33)46)42-28-7-8-28)27-6-9-31-34(20-27)47(30-21-29(22-30)44-16-4-3-5-17-44)38(49)39(31)12-18-45(19-13-39)37(48)26-10-14-40-15-11-26/h6,9,20,23-26,28-30,40H,3-5,7-8,10-19,21-22H2,1-2H3,(H,42,43). The molecule has 9 rings (SSSR count). The van der Waals surface area contributed by atoms with E-state index >= 15 is 0 Å². The number of imidazole rings is 1. The van der Waals surface area contributed by atoms with Crippen LogP contribution in [0, 0.1) is 5.92 Å². The fraction of sp³-hybridized carbons (Fsp3) is 0.641. The molecule has 49 heavy (non-hydrogen) atoms. The first-order valence-electron chi connectivity index (χ1n) is 19.3. The SMILES string of the molecule is CC(C)n1cnc2cc(-c3ccc4c(c3)N(C3CC(N5CCCCC5)C3)C(=O)C43CCN(C(=O)C4CCNCC4)CC3)nc(NC3CC3)c21. The Morgan fingerprint density at radius 2 is 1.71 bits per heavy atom. The van der Waals surface area contributed by atoms with Gasteiger partial charge in [-0.05, 0) is 122 Å². The topological polar surface area (TPSA) is 98.6 Å². The molecule has 2 N–H and O–H groups in total. The number of aromatic nitrogens is 3. The predicted molar refractivity (Wildman–Crippen MR) is 193 cm³/mol. The van der Waals surface area contributed by atoms with Crippen molar-refractivity contribution in [1.82, 2.24) is 29.7 Å². The van der Waals surface area contributed by atoms with Crippen LogP contribution in [0.3, 0.4) is 0 Å². The lowest BCUT2D eigenvalue weighted by Gasteiger charge is -2.48. The molecule has 4 aliphatic heterocycles. The molecule has 10 heteroatoms. The van der Waals surface area contributed by atoms with Crippen LogP contribution in [0.1, 0.15) is 96.1 Å². The second-order valence-electron chi connectivity index (χ2n) is 16.1. The number of nitrogens with zero attached hydrogens (tertiary/aromatic N) is 6. The number of hydrogen-bond acceptors (Lipinski definition) is 7. The molecular formula is C39H52N8O2. The highest BCUT2D eigenvalue weighted by Gasteiger charge is 2.56. The number of fused-ring (bicyclic) bond motifs is 3. The van der Waals surface area contributed by atoms with Gasteiger partial charge in [-0.3, -0.25) is 9.59 Å². The van der Waals surface area contributed by atoms with Crippen molar-refractivity contribution < 1.29 is 9.59 Å². The molecule has 2 aromatic heterocycles. The van der Waals surface area contributed by atoms with Crippen LogP contribution < -0.4 is 15.5 Å². The molecule has 5 fully saturated rings. The third-order valence-electron chi connectivity index (χ3n) is 12.7. The Bertz CT molecular complexity index is 1740. The Balaban J connectivity index is 1.05. The maximum atomic E-state index is 14.9. The Labute approximate surface area is 290 Å². The number of piperidine rings is 3. The summed E-state index contributed by atoms with van der Waals surface area (Å²) in [5.74, 6) is 1.56. The first kappa shape index (κ1) is 31.5. The van der Waals surface area contributed by atoms with Crippen LogP contribution in [-0.4, -0.2) is 93.5 Å². The quantitative estimate of drug-likeness (QED) is 0.346. The van der Waals surface area contributed by atoms with Crippen molar-refractivity contribution in [3.8, 4) is 11.3 Å². The Kier molecular flexibility index (Phi) is 7.95. The number of carbonyl (C=O) groups excluding carboxylic acids is 2. The molecule has 6 heterocycles. The third-order valence-corrected chi connectivity index (χ3v) is 12.7. The zero-order valence-corrected chi connectivity index (χ0v) is 29.3. The predicted octanol–water partition coefficient (Wildman–Crippen LogP) is 5.48. The van der Waals surface area contributed by atoms with E-state index in [0.717, 1.165) is 78.1 Å². The summed E-state index contributed by atoms with van der Waals surface area (Å²) in [7, 11) is 0. The molecule has 2 saturated carbocycles. The highest BCUT2D eigenvalue weighted by atomic mass is 16.2. The van der Waals surface area contributed by atoms with Crippen LogP contribution in [0.25, 0.3) is 22.3 Å². The van der Waals surface area contributed by atoms with Crippen LogP contribution in [0.15, 0.2) is 30.6 Å². The summed E-state index contributed by atoms with van der Waals surface area (Å²) >= 11 is 0. The highest BCUT2D eigenvalue weighted by molar-refractivity contribution is 6.09. The van der Waals surface area contributed by atoms with Gasteiger partial charge in [0.1, 0.15) is 5.52 Å². The molecule has 3 saturated heterocycles. The number of anilines is 2. The first-order valence-corrected chi connectivity index (χ1v) is 19.3. The highest BCUT2D eigenvalue weighted by Crippen LogP contribution is 2.52. The van der Waals surface area contributed by atoms with E-state index in [1.165, 1.54) is 45.2 Å². The average Bonchev–Trinajstić information content (AvgIpc) is 3.77. The van der Waals surface area contributed by atoms with Gasteiger partial charge in [0, 0.05) is 54.4 Å². The maximum Gasteiger partial charge on any atom is 0.238 e. The number of rotatable bonds is 7. The molecule has 2 amide bonds. The number of hydrogen-bond donors (Lipinski definition) is 2. The lowest BCUT2D eigenvalue weighted by molar-refractivity contribution is -0.140. The Morgan fingerprint density at radius 1 is 0.959 bits per heavy atom. The molecule has 6 aliphatic rings. The number of carbonyl (C=O) groups is 2. The summed E-state index contributed by atoms with van der Waals surface area (Å²) in [5.41, 5.74) is 5.57. The lowest BCUT2D eigenvalue weighted by Crippen LogP contribution is -2.58. The zero-order chi connectivity index (χ0) is 33.3. The van der Waals surface area contributed by atoms with E-state index in [1.807, 2.05) is 6.33 Å². The van der Waals surface area contributed by atoms with E-state index in [0.29, 0.717) is 38.0 Å². The van der Waals surface area contributed by atoms with Gasteiger partial charge in [0.15, 0.2) is 5.82 Å². The smallest absolute Gasteiger partial charge is 0.238 e. The summed E-state index contributed by atoms with van der Waals surface area (Å²) in [4.78, 5) is 45.4. The zero-order valence-electron chi connectivity index (χ0n) is 29.3. The molecular weight excluding hydrogens is 612 g/mol. The van der Waals surface area contributed by atoms with Crippen LogP contribution >= 0.6 is 0 Å². The molecule has 0 radical (unpaired) electrons. The summed E-state index contributed by atoms with van der Waals surface area (Å²) < 4.78 is 2.21. The largest absolute Gasteiger partial charge is 0.366 e. The molecule has 1 spiro atoms. The van der Waals surface area contributed by atoms with E-state index < -0.39 is 5.41 Å². The van der Waals surface area contributed by atoms with Gasteiger partial charge in [0.25, 0.3) is 0 Å². The van der Waals surface area contributed by atoms with Crippen molar-refractivity contribution in [2.24, 2.45) is 5.92 Å². The van der Waals surface area contributed by atoms with E-state index in [1.54, 1.807) is 0 Å². The summed E-state index contributed by atoms with van der Waals surface area (Å²) in [5, 5.41) is 7.08. The minimum Gasteiger partial charge on any atom is -0.366 e. The summed E-state index contributed by atoms with van der Waals surface area (Å²) in [6, 6.07) is 10.3. The molecule has 0 atom stereocenters. The van der Waals surface area contributed by atoms with E-state index in [4.69, 9.17) is 9.97 Å². The van der Waals surface area contributed by atoms with Crippen LogP contribution in [0.4, 0.5) is 11.5 Å². The number of benzene rings is 1. The van der Waals surface area contributed by atoms with Gasteiger partial charge in [0.05, 0.1) is 23.0 Å². The fourth-order valence-corrected chi connectivity index (χ4v) is 9.50. The lowest BCUT2D eigenvalue weighted by atomic mass is 9.73. The van der Waals surface area contributed by atoms with Crippen LogP contribution in [-0.2, 0) is 15.0 Å². The van der Waals surface area contributed by atoms with Gasteiger partial charge in [-0.15, -0.1) is 0 Å². The minimum absolute atomic E-state index is 0.110. The van der Waals surface area contributed by atoms with Gasteiger partial charge >= 0.3 is 0 Å². The van der Waals surface area contributed by atoms with Crippen molar-refractivity contribution in [3.63, 3.8) is 0 Å². The van der Waals surface area contributed by atoms with E-state index in [-0.39, 0.29) is 29.8 Å². The average molecular weight is 665 g/mol. The molecule has 2 aliphatic carbocycles. The molecule has 3 aromatic rings. The van der Waals surface area contributed by atoms with Gasteiger partial charge in [-0.2, -0.15) is 0 Å². The molecule has 0 unspecified atom stereocenters. The second-order valence-corrected chi connectivity index (χ2v) is 16.1. The van der Waals surface area contributed by atoms with E-state index in [2.05, 4.69) is 68.0 Å². The normalized spacial score (nSPS) is 26.1. The Hall–Kier alpha value is -3.50. The number of pyridine rings is 1. The van der Waals surface area contributed by atoms with Crippen LogP contribution in [0.2, 0.25) is 0 Å². The first-order chi connectivity index (χ1) is 23.9. The van der Waals surface area contributed by atoms with Crippen molar-refractivity contribution in [1.29, 1.82) is 0 Å². The molecule has 10 nitrogen and oxygen atoms in total. The number of likely N-dealkylation sites (tertiary alicyclic amines) is 2. The fourth-order valence-electron chi connectivity index (χ4n) is 9.50. The van der Waals surface area contributed by atoms with Gasteiger partial charge in [0.2, 0.25) is 11.8 Å². The van der Waals surface area contributed by atoms with Gasteiger partial charge in [-0.1, -0.05) is 18.6 Å². The summed E-state index contributed by atoms with van der Waals surface area (Å²) in [6.07, 6.45) is 13.5. The van der Waals surface area contributed by atoms with E-state index in [9.17, 15) is 9.59 Å². The van der Waals surface area contributed by atoms with Crippen molar-refractivity contribution in [2.45, 2.75) is 114 Å². The minimum atomic E-state index is -0.568. The van der Waals surface area contributed by atoms with Crippen molar-refractivity contribution in [2.75, 3.05) is 49.5 Å². The van der Waals surface area contributed by atoms with Gasteiger partial charge < -0.3 is 29.9 Å². The monoisotopic (exact) mass is 664 g/mol. The maximum absolute atomic E-state index is 14.9. The Morgan fingerprint density at radius 3 is 2.43 bits per heavy atom. The molecule has 1 aromatic carbocycles. The number of amides is 2.